The Balaban J connectivity index is 2.00. The van der Waals surface area contributed by atoms with Gasteiger partial charge in [0.25, 0.3) is 5.91 Å². The molecule has 0 aliphatic carbocycles. The predicted molar refractivity (Wildman–Crippen MR) is 69.7 cm³/mol. The SMILES string of the molecule is Cc1cnoc1C(=O)N[C@H](CO)Cc1ccccc1. The van der Waals surface area contributed by atoms with Gasteiger partial charge in [-0.15, -0.1) is 0 Å². The molecule has 0 aliphatic rings. The van der Waals surface area contributed by atoms with E-state index < -0.39 is 0 Å². The smallest absolute Gasteiger partial charge is 0.290 e. The zero-order valence-electron chi connectivity index (χ0n) is 10.7. The van der Waals surface area contributed by atoms with Crippen molar-refractivity contribution in [2.45, 2.75) is 19.4 Å². The Labute approximate surface area is 111 Å². The summed E-state index contributed by atoms with van der Waals surface area (Å²) in [5, 5.41) is 15.6. The number of amides is 1. The van der Waals surface area contributed by atoms with E-state index in [0.717, 1.165) is 5.56 Å². The maximum absolute atomic E-state index is 11.9. The van der Waals surface area contributed by atoms with Gasteiger partial charge in [-0.3, -0.25) is 4.79 Å². The van der Waals surface area contributed by atoms with Crippen LogP contribution in [0.25, 0.3) is 0 Å². The molecule has 0 aliphatic heterocycles. The van der Waals surface area contributed by atoms with Crippen LogP contribution in [0.15, 0.2) is 41.1 Å². The summed E-state index contributed by atoms with van der Waals surface area (Å²) in [4.78, 5) is 11.9. The molecule has 100 valence electrons. The van der Waals surface area contributed by atoms with Crippen molar-refractivity contribution >= 4 is 5.91 Å². The van der Waals surface area contributed by atoms with Gasteiger partial charge in [0.2, 0.25) is 5.76 Å². The van der Waals surface area contributed by atoms with E-state index in [2.05, 4.69) is 10.5 Å². The van der Waals surface area contributed by atoms with E-state index in [0.29, 0.717) is 12.0 Å². The minimum atomic E-state index is -0.356. The van der Waals surface area contributed by atoms with Crippen LogP contribution >= 0.6 is 0 Å². The number of nitrogens with zero attached hydrogens (tertiary/aromatic N) is 1. The molecule has 0 radical (unpaired) electrons. The molecule has 0 saturated carbocycles. The largest absolute Gasteiger partial charge is 0.394 e. The van der Waals surface area contributed by atoms with Crippen LogP contribution in [0.4, 0.5) is 0 Å². The summed E-state index contributed by atoms with van der Waals surface area (Å²) >= 11 is 0. The number of hydrogen-bond donors (Lipinski definition) is 2. The summed E-state index contributed by atoms with van der Waals surface area (Å²) in [5.74, 6) is -0.170. The summed E-state index contributed by atoms with van der Waals surface area (Å²) in [6.07, 6.45) is 2.05. The van der Waals surface area contributed by atoms with Gasteiger partial charge in [-0.05, 0) is 18.9 Å². The molecule has 1 aromatic heterocycles. The third-order valence-corrected chi connectivity index (χ3v) is 2.84. The van der Waals surface area contributed by atoms with Crippen LogP contribution in [0.3, 0.4) is 0 Å². The first-order chi connectivity index (χ1) is 9.20. The first kappa shape index (κ1) is 13.3. The minimum Gasteiger partial charge on any atom is -0.394 e. The van der Waals surface area contributed by atoms with Crippen LogP contribution in [-0.4, -0.2) is 28.8 Å². The molecule has 2 N–H and O–H groups in total. The Morgan fingerprint density at radius 2 is 2.16 bits per heavy atom. The summed E-state index contributed by atoms with van der Waals surface area (Å²) in [6, 6.07) is 9.33. The molecule has 0 bridgehead atoms. The summed E-state index contributed by atoms with van der Waals surface area (Å²) in [5.41, 5.74) is 1.73. The molecule has 19 heavy (non-hydrogen) atoms. The number of hydrogen-bond acceptors (Lipinski definition) is 4. The van der Waals surface area contributed by atoms with Crippen molar-refractivity contribution in [2.75, 3.05) is 6.61 Å². The molecule has 0 spiro atoms. The van der Waals surface area contributed by atoms with Crippen molar-refractivity contribution in [3.8, 4) is 0 Å². The molecule has 0 unspecified atom stereocenters. The third-order valence-electron chi connectivity index (χ3n) is 2.84. The van der Waals surface area contributed by atoms with Gasteiger partial charge in [0.1, 0.15) is 0 Å². The lowest BCUT2D eigenvalue weighted by Gasteiger charge is -2.15. The third kappa shape index (κ3) is 3.42. The molecule has 2 rings (SSSR count). The van der Waals surface area contributed by atoms with Crippen LogP contribution in [-0.2, 0) is 6.42 Å². The van der Waals surface area contributed by atoms with Crippen molar-refractivity contribution in [3.63, 3.8) is 0 Å². The lowest BCUT2D eigenvalue weighted by Crippen LogP contribution is -2.39. The average Bonchev–Trinajstić information content (AvgIpc) is 2.85. The molecule has 1 heterocycles. The molecule has 5 nitrogen and oxygen atoms in total. The summed E-state index contributed by atoms with van der Waals surface area (Å²) < 4.78 is 4.88. The summed E-state index contributed by atoms with van der Waals surface area (Å²) in [6.45, 7) is 1.62. The highest BCUT2D eigenvalue weighted by Gasteiger charge is 2.18. The Morgan fingerprint density at radius 1 is 1.42 bits per heavy atom. The minimum absolute atomic E-state index is 0.131. The zero-order valence-corrected chi connectivity index (χ0v) is 10.7. The number of aromatic nitrogens is 1. The second-order valence-corrected chi connectivity index (χ2v) is 4.38. The highest BCUT2D eigenvalue weighted by atomic mass is 16.5. The van der Waals surface area contributed by atoms with E-state index in [1.807, 2.05) is 30.3 Å². The van der Waals surface area contributed by atoms with Crippen LogP contribution in [0.1, 0.15) is 21.7 Å². The van der Waals surface area contributed by atoms with E-state index >= 15 is 0 Å². The van der Waals surface area contributed by atoms with E-state index in [9.17, 15) is 9.90 Å². The van der Waals surface area contributed by atoms with Crippen molar-refractivity contribution in [2.24, 2.45) is 0 Å². The Bertz CT molecular complexity index is 537. The molecule has 2 aromatic rings. The molecule has 1 aromatic carbocycles. The fourth-order valence-electron chi connectivity index (χ4n) is 1.82. The Morgan fingerprint density at radius 3 is 2.74 bits per heavy atom. The lowest BCUT2D eigenvalue weighted by atomic mass is 10.1. The van der Waals surface area contributed by atoms with E-state index in [-0.39, 0.29) is 24.3 Å². The zero-order chi connectivity index (χ0) is 13.7. The molecule has 1 atom stereocenters. The number of aliphatic hydroxyl groups excluding tert-OH is 1. The number of aliphatic hydroxyl groups is 1. The second kappa shape index (κ2) is 6.15. The Kier molecular flexibility index (Phi) is 4.30. The number of carbonyl (C=O) groups is 1. The first-order valence-electron chi connectivity index (χ1n) is 6.07. The van der Waals surface area contributed by atoms with Gasteiger partial charge >= 0.3 is 0 Å². The maximum Gasteiger partial charge on any atom is 0.290 e. The van der Waals surface area contributed by atoms with Crippen molar-refractivity contribution in [3.05, 3.63) is 53.4 Å². The van der Waals surface area contributed by atoms with Gasteiger partial charge in [-0.1, -0.05) is 35.5 Å². The molecular formula is C14H16N2O3. The molecule has 5 heteroatoms. The Hall–Kier alpha value is -2.14. The molecular weight excluding hydrogens is 244 g/mol. The maximum atomic E-state index is 11.9. The quantitative estimate of drug-likeness (QED) is 0.850. The van der Waals surface area contributed by atoms with Gasteiger partial charge in [0.15, 0.2) is 0 Å². The van der Waals surface area contributed by atoms with Gasteiger partial charge in [0.05, 0.1) is 18.8 Å². The fourth-order valence-corrected chi connectivity index (χ4v) is 1.82. The van der Waals surface area contributed by atoms with Crippen molar-refractivity contribution in [1.29, 1.82) is 0 Å². The first-order valence-corrected chi connectivity index (χ1v) is 6.07. The number of aryl methyl sites for hydroxylation is 1. The van der Waals surface area contributed by atoms with Crippen LogP contribution in [0.5, 0.6) is 0 Å². The average molecular weight is 260 g/mol. The normalized spacial score (nSPS) is 12.1. The van der Waals surface area contributed by atoms with Crippen molar-refractivity contribution in [1.82, 2.24) is 10.5 Å². The molecule has 0 saturated heterocycles. The number of carbonyl (C=O) groups excluding carboxylic acids is 1. The fraction of sp³-hybridized carbons (Fsp3) is 0.286. The predicted octanol–water partition coefficient (Wildman–Crippen LogP) is 1.32. The van der Waals surface area contributed by atoms with Crippen molar-refractivity contribution < 1.29 is 14.4 Å². The van der Waals surface area contributed by atoms with Gasteiger partial charge in [0, 0.05) is 5.56 Å². The highest BCUT2D eigenvalue weighted by Crippen LogP contribution is 2.07. The highest BCUT2D eigenvalue weighted by molar-refractivity contribution is 5.92. The monoisotopic (exact) mass is 260 g/mol. The van der Waals surface area contributed by atoms with Gasteiger partial charge in [-0.25, -0.2) is 0 Å². The molecule has 1 amide bonds. The summed E-state index contributed by atoms with van der Waals surface area (Å²) in [7, 11) is 0. The van der Waals surface area contributed by atoms with Gasteiger partial charge in [-0.2, -0.15) is 0 Å². The van der Waals surface area contributed by atoms with Crippen LogP contribution < -0.4 is 5.32 Å². The van der Waals surface area contributed by atoms with E-state index in [1.54, 1.807) is 6.92 Å². The standard InChI is InChI=1S/C14H16N2O3/c1-10-8-15-19-13(10)14(18)16-12(9-17)7-11-5-3-2-4-6-11/h2-6,8,12,17H,7,9H2,1H3,(H,16,18)/t12-/m0/s1. The van der Waals surface area contributed by atoms with E-state index in [1.165, 1.54) is 6.20 Å². The number of rotatable bonds is 5. The lowest BCUT2D eigenvalue weighted by molar-refractivity contribution is 0.0878. The van der Waals surface area contributed by atoms with Gasteiger partial charge < -0.3 is 14.9 Å². The van der Waals surface area contributed by atoms with Crippen LogP contribution in [0.2, 0.25) is 0 Å². The van der Waals surface area contributed by atoms with E-state index in [4.69, 9.17) is 4.52 Å². The second-order valence-electron chi connectivity index (χ2n) is 4.38. The topological polar surface area (TPSA) is 75.4 Å². The van der Waals surface area contributed by atoms with Crippen LogP contribution in [0, 0.1) is 6.92 Å². The number of benzene rings is 1. The number of nitrogens with one attached hydrogen (secondary N) is 1. The molecule has 0 fully saturated rings.